The van der Waals surface area contributed by atoms with Crippen molar-refractivity contribution in [2.24, 2.45) is 5.41 Å². The first-order chi connectivity index (χ1) is 7.95. The van der Waals surface area contributed by atoms with Crippen LogP contribution in [0.25, 0.3) is 0 Å². The number of carbonyl (C=O) groups is 1. The van der Waals surface area contributed by atoms with E-state index in [-0.39, 0.29) is 11.3 Å². The average molecular weight is 232 g/mol. The van der Waals surface area contributed by atoms with Crippen molar-refractivity contribution in [3.05, 3.63) is 23.8 Å². The Morgan fingerprint density at radius 2 is 2.12 bits per heavy atom. The van der Waals surface area contributed by atoms with Crippen LogP contribution in [0, 0.1) is 5.41 Å². The lowest BCUT2D eigenvalue weighted by molar-refractivity contribution is -0.125. The van der Waals surface area contributed by atoms with E-state index in [1.54, 1.807) is 4.90 Å². The van der Waals surface area contributed by atoms with Crippen LogP contribution in [0.15, 0.2) is 18.2 Å². The monoisotopic (exact) mass is 232 g/mol. The summed E-state index contributed by atoms with van der Waals surface area (Å²) in [5, 5.41) is 3.39. The minimum Gasteiger partial charge on any atom is -0.382 e. The predicted octanol–water partition coefficient (Wildman–Crippen LogP) is 2.66. The standard InChI is InChI=1S/C14H20N2O/c1-5-10-6-7-12-11(8-10)15-9-14(2,3)13(17)16(12)4/h6-8,15H,5,9H2,1-4H3. The molecule has 0 unspecified atom stereocenters. The molecule has 0 fully saturated rings. The highest BCUT2D eigenvalue weighted by Gasteiger charge is 2.34. The minimum absolute atomic E-state index is 0.160. The quantitative estimate of drug-likeness (QED) is 0.807. The fourth-order valence-corrected chi connectivity index (χ4v) is 2.19. The van der Waals surface area contributed by atoms with Crippen molar-refractivity contribution in [2.75, 3.05) is 23.8 Å². The second-order valence-electron chi connectivity index (χ2n) is 5.31. The molecule has 1 N–H and O–H groups in total. The number of anilines is 2. The van der Waals surface area contributed by atoms with Gasteiger partial charge < -0.3 is 10.2 Å². The molecule has 1 amide bonds. The van der Waals surface area contributed by atoms with Gasteiger partial charge in [-0.2, -0.15) is 0 Å². The molecule has 1 aromatic rings. The fraction of sp³-hybridized carbons (Fsp3) is 0.500. The molecule has 3 nitrogen and oxygen atoms in total. The number of hydrogen-bond acceptors (Lipinski definition) is 2. The Balaban J connectivity index is 2.47. The largest absolute Gasteiger partial charge is 0.382 e. The Labute approximate surface area is 103 Å². The van der Waals surface area contributed by atoms with E-state index in [2.05, 4.69) is 24.4 Å². The Bertz CT molecular complexity index is 452. The minimum atomic E-state index is -0.361. The number of aryl methyl sites for hydroxylation is 1. The molecule has 0 saturated carbocycles. The van der Waals surface area contributed by atoms with Gasteiger partial charge in [0, 0.05) is 13.6 Å². The summed E-state index contributed by atoms with van der Waals surface area (Å²) in [5.74, 6) is 0.160. The number of hydrogen-bond donors (Lipinski definition) is 1. The zero-order chi connectivity index (χ0) is 12.6. The van der Waals surface area contributed by atoms with Crippen LogP contribution in [0.4, 0.5) is 11.4 Å². The van der Waals surface area contributed by atoms with Gasteiger partial charge in [0.05, 0.1) is 16.8 Å². The third-order valence-electron chi connectivity index (χ3n) is 3.43. The van der Waals surface area contributed by atoms with E-state index in [0.717, 1.165) is 17.8 Å². The normalized spacial score (nSPS) is 18.4. The molecular formula is C14H20N2O. The molecule has 3 heteroatoms. The summed E-state index contributed by atoms with van der Waals surface area (Å²) < 4.78 is 0. The van der Waals surface area contributed by atoms with Gasteiger partial charge in [0.2, 0.25) is 5.91 Å². The highest BCUT2D eigenvalue weighted by Crippen LogP contribution is 2.34. The Morgan fingerprint density at radius 1 is 1.41 bits per heavy atom. The van der Waals surface area contributed by atoms with E-state index in [1.807, 2.05) is 27.0 Å². The van der Waals surface area contributed by atoms with Crippen LogP contribution in [0.1, 0.15) is 26.3 Å². The molecule has 17 heavy (non-hydrogen) atoms. The van der Waals surface area contributed by atoms with Crippen LogP contribution < -0.4 is 10.2 Å². The predicted molar refractivity (Wildman–Crippen MR) is 71.5 cm³/mol. The molecular weight excluding hydrogens is 212 g/mol. The smallest absolute Gasteiger partial charge is 0.234 e. The number of benzene rings is 1. The molecule has 0 aliphatic carbocycles. The van der Waals surface area contributed by atoms with Gasteiger partial charge >= 0.3 is 0 Å². The number of amides is 1. The van der Waals surface area contributed by atoms with Crippen molar-refractivity contribution in [3.8, 4) is 0 Å². The summed E-state index contributed by atoms with van der Waals surface area (Å²) in [7, 11) is 1.85. The summed E-state index contributed by atoms with van der Waals surface area (Å²) in [4.78, 5) is 14.0. The van der Waals surface area contributed by atoms with E-state index >= 15 is 0 Å². The molecule has 0 radical (unpaired) electrons. The van der Waals surface area contributed by atoms with Crippen LogP contribution in [0.3, 0.4) is 0 Å². The fourth-order valence-electron chi connectivity index (χ4n) is 2.19. The number of rotatable bonds is 1. The summed E-state index contributed by atoms with van der Waals surface area (Å²) in [6.45, 7) is 6.77. The van der Waals surface area contributed by atoms with Crippen molar-refractivity contribution >= 4 is 17.3 Å². The average Bonchev–Trinajstić information content (AvgIpc) is 2.41. The summed E-state index contributed by atoms with van der Waals surface area (Å²) >= 11 is 0. The zero-order valence-electron chi connectivity index (χ0n) is 11.0. The summed E-state index contributed by atoms with van der Waals surface area (Å²) in [6, 6.07) is 6.25. The van der Waals surface area contributed by atoms with Gasteiger partial charge in [-0.15, -0.1) is 0 Å². The first kappa shape index (κ1) is 12.0. The molecule has 1 aliphatic rings. The van der Waals surface area contributed by atoms with E-state index < -0.39 is 0 Å². The molecule has 0 bridgehead atoms. The zero-order valence-corrected chi connectivity index (χ0v) is 11.0. The maximum Gasteiger partial charge on any atom is 0.234 e. The lowest BCUT2D eigenvalue weighted by atomic mass is 9.92. The SMILES string of the molecule is CCc1ccc2c(c1)NCC(C)(C)C(=O)N2C. The number of carbonyl (C=O) groups excluding carboxylic acids is 1. The molecule has 92 valence electrons. The number of nitrogens with one attached hydrogen (secondary N) is 1. The second kappa shape index (κ2) is 4.06. The molecule has 0 atom stereocenters. The van der Waals surface area contributed by atoms with Crippen molar-refractivity contribution in [2.45, 2.75) is 27.2 Å². The van der Waals surface area contributed by atoms with Gasteiger partial charge in [-0.05, 0) is 38.0 Å². The number of fused-ring (bicyclic) bond motifs is 1. The van der Waals surface area contributed by atoms with Gasteiger partial charge in [0.1, 0.15) is 0 Å². The molecule has 0 saturated heterocycles. The van der Waals surface area contributed by atoms with E-state index in [0.29, 0.717) is 6.54 Å². The van der Waals surface area contributed by atoms with E-state index in [4.69, 9.17) is 0 Å². The van der Waals surface area contributed by atoms with E-state index in [1.165, 1.54) is 5.56 Å². The van der Waals surface area contributed by atoms with Crippen molar-refractivity contribution in [3.63, 3.8) is 0 Å². The molecule has 0 aromatic heterocycles. The lowest BCUT2D eigenvalue weighted by Crippen LogP contribution is -2.40. The third kappa shape index (κ3) is 2.02. The van der Waals surface area contributed by atoms with Crippen LogP contribution in [-0.2, 0) is 11.2 Å². The third-order valence-corrected chi connectivity index (χ3v) is 3.43. The maximum absolute atomic E-state index is 12.3. The number of nitrogens with zero attached hydrogens (tertiary/aromatic N) is 1. The first-order valence-electron chi connectivity index (χ1n) is 6.10. The lowest BCUT2D eigenvalue weighted by Gasteiger charge is -2.25. The highest BCUT2D eigenvalue weighted by atomic mass is 16.2. The van der Waals surface area contributed by atoms with Crippen LogP contribution in [0.2, 0.25) is 0 Å². The molecule has 1 heterocycles. The van der Waals surface area contributed by atoms with Gasteiger partial charge in [-0.3, -0.25) is 4.79 Å². The summed E-state index contributed by atoms with van der Waals surface area (Å²) in [5.41, 5.74) is 2.96. The van der Waals surface area contributed by atoms with E-state index in [9.17, 15) is 4.79 Å². The van der Waals surface area contributed by atoms with Crippen molar-refractivity contribution in [1.82, 2.24) is 0 Å². The molecule has 2 rings (SSSR count). The highest BCUT2D eigenvalue weighted by molar-refractivity contribution is 6.01. The Kier molecular flexibility index (Phi) is 2.86. The van der Waals surface area contributed by atoms with Crippen LogP contribution in [0.5, 0.6) is 0 Å². The molecule has 1 aliphatic heterocycles. The summed E-state index contributed by atoms with van der Waals surface area (Å²) in [6.07, 6.45) is 1.01. The maximum atomic E-state index is 12.3. The molecule has 0 spiro atoms. The van der Waals surface area contributed by atoms with Gasteiger partial charge in [0.25, 0.3) is 0 Å². The van der Waals surface area contributed by atoms with Crippen molar-refractivity contribution < 1.29 is 4.79 Å². The van der Waals surface area contributed by atoms with Gasteiger partial charge in [-0.25, -0.2) is 0 Å². The molecule has 1 aromatic carbocycles. The van der Waals surface area contributed by atoms with Crippen LogP contribution >= 0.6 is 0 Å². The Morgan fingerprint density at radius 3 is 2.76 bits per heavy atom. The van der Waals surface area contributed by atoms with Crippen LogP contribution in [-0.4, -0.2) is 19.5 Å². The van der Waals surface area contributed by atoms with Gasteiger partial charge in [0.15, 0.2) is 0 Å². The Hall–Kier alpha value is -1.51. The topological polar surface area (TPSA) is 32.3 Å². The second-order valence-corrected chi connectivity index (χ2v) is 5.31. The van der Waals surface area contributed by atoms with Crippen molar-refractivity contribution in [1.29, 1.82) is 0 Å². The first-order valence-corrected chi connectivity index (χ1v) is 6.10. The van der Waals surface area contributed by atoms with Gasteiger partial charge in [-0.1, -0.05) is 13.0 Å².